The van der Waals surface area contributed by atoms with Crippen molar-refractivity contribution in [1.29, 1.82) is 0 Å². The molecular weight excluding hydrogens is 326 g/mol. The standard InChI is InChI=1S/C17H11N3O5/c21-15-14(10-11-5-4-8-13(9-11)20(24)25)16(22)19(17(23)18-15)12-6-2-1-3-7-12/h1-10H,(H,18,21,23)/b14-10-. The van der Waals surface area contributed by atoms with Gasteiger partial charge in [-0.25, -0.2) is 9.69 Å². The maximum atomic E-state index is 12.6. The molecule has 124 valence electrons. The number of hydrogen-bond donors (Lipinski definition) is 1. The zero-order chi connectivity index (χ0) is 18.0. The van der Waals surface area contributed by atoms with Gasteiger partial charge in [0.25, 0.3) is 17.5 Å². The molecule has 1 fully saturated rings. The highest BCUT2D eigenvalue weighted by atomic mass is 16.6. The number of para-hydroxylation sites is 1. The lowest BCUT2D eigenvalue weighted by Gasteiger charge is -2.26. The average Bonchev–Trinajstić information content (AvgIpc) is 2.59. The Kier molecular flexibility index (Phi) is 4.09. The van der Waals surface area contributed by atoms with E-state index in [9.17, 15) is 24.5 Å². The molecule has 25 heavy (non-hydrogen) atoms. The van der Waals surface area contributed by atoms with E-state index < -0.39 is 22.8 Å². The van der Waals surface area contributed by atoms with E-state index in [2.05, 4.69) is 5.32 Å². The highest BCUT2D eigenvalue weighted by Gasteiger charge is 2.36. The number of nitro benzene ring substituents is 1. The van der Waals surface area contributed by atoms with Crippen LogP contribution in [0.15, 0.2) is 60.2 Å². The molecule has 1 aliphatic heterocycles. The van der Waals surface area contributed by atoms with Crippen molar-refractivity contribution in [3.05, 3.63) is 75.8 Å². The minimum absolute atomic E-state index is 0.172. The van der Waals surface area contributed by atoms with Crippen molar-refractivity contribution in [1.82, 2.24) is 5.32 Å². The molecule has 2 aromatic rings. The third-order valence-electron chi connectivity index (χ3n) is 3.51. The number of barbiturate groups is 1. The van der Waals surface area contributed by atoms with Crippen molar-refractivity contribution < 1.29 is 19.3 Å². The molecule has 0 atom stereocenters. The number of nitro groups is 1. The number of hydrogen-bond acceptors (Lipinski definition) is 5. The normalized spacial score (nSPS) is 16.1. The summed E-state index contributed by atoms with van der Waals surface area (Å²) in [7, 11) is 0. The zero-order valence-corrected chi connectivity index (χ0v) is 12.7. The van der Waals surface area contributed by atoms with Gasteiger partial charge in [-0.05, 0) is 23.8 Å². The summed E-state index contributed by atoms with van der Waals surface area (Å²) in [5, 5.41) is 12.9. The van der Waals surface area contributed by atoms with Crippen LogP contribution in [-0.2, 0) is 9.59 Å². The Morgan fingerprint density at radius 1 is 1.00 bits per heavy atom. The van der Waals surface area contributed by atoms with E-state index in [4.69, 9.17) is 0 Å². The van der Waals surface area contributed by atoms with Crippen LogP contribution < -0.4 is 10.2 Å². The quantitative estimate of drug-likeness (QED) is 0.400. The molecule has 4 amide bonds. The summed E-state index contributed by atoms with van der Waals surface area (Å²) in [6.07, 6.45) is 1.22. The molecule has 0 spiro atoms. The summed E-state index contributed by atoms with van der Waals surface area (Å²) in [5.74, 6) is -1.65. The molecular formula is C17H11N3O5. The second kappa shape index (κ2) is 6.36. The number of non-ortho nitro benzene ring substituents is 1. The van der Waals surface area contributed by atoms with E-state index in [0.717, 1.165) is 4.90 Å². The summed E-state index contributed by atoms with van der Waals surface area (Å²) in [5.41, 5.74) is 0.149. The molecule has 0 unspecified atom stereocenters. The molecule has 1 saturated heterocycles. The Morgan fingerprint density at radius 3 is 2.40 bits per heavy atom. The van der Waals surface area contributed by atoms with E-state index >= 15 is 0 Å². The molecule has 0 radical (unpaired) electrons. The van der Waals surface area contributed by atoms with Gasteiger partial charge in [0.05, 0.1) is 10.6 Å². The second-order valence-electron chi connectivity index (χ2n) is 5.15. The maximum Gasteiger partial charge on any atom is 0.335 e. The topological polar surface area (TPSA) is 110 Å². The first-order chi connectivity index (χ1) is 12.0. The van der Waals surface area contributed by atoms with Gasteiger partial charge in [0.15, 0.2) is 0 Å². The maximum absolute atomic E-state index is 12.6. The lowest BCUT2D eigenvalue weighted by Crippen LogP contribution is -2.54. The summed E-state index contributed by atoms with van der Waals surface area (Å²) >= 11 is 0. The fourth-order valence-electron chi connectivity index (χ4n) is 2.36. The number of amides is 4. The van der Waals surface area contributed by atoms with Crippen molar-refractivity contribution in [2.24, 2.45) is 0 Å². The largest absolute Gasteiger partial charge is 0.335 e. The number of nitrogens with zero attached hydrogens (tertiary/aromatic N) is 2. The molecule has 1 N–H and O–H groups in total. The van der Waals surface area contributed by atoms with Gasteiger partial charge in [-0.2, -0.15) is 0 Å². The Labute approximate surface area is 141 Å². The van der Waals surface area contributed by atoms with Crippen molar-refractivity contribution in [2.45, 2.75) is 0 Å². The van der Waals surface area contributed by atoms with Gasteiger partial charge < -0.3 is 0 Å². The van der Waals surface area contributed by atoms with Gasteiger partial charge in [0.2, 0.25) is 0 Å². The average molecular weight is 337 g/mol. The number of anilines is 1. The van der Waals surface area contributed by atoms with Crippen molar-refractivity contribution in [3.63, 3.8) is 0 Å². The number of imide groups is 2. The van der Waals surface area contributed by atoms with Gasteiger partial charge in [0, 0.05) is 12.1 Å². The second-order valence-corrected chi connectivity index (χ2v) is 5.15. The van der Waals surface area contributed by atoms with Crippen LogP contribution in [0.25, 0.3) is 6.08 Å². The number of benzene rings is 2. The van der Waals surface area contributed by atoms with Crippen molar-refractivity contribution >= 4 is 35.3 Å². The van der Waals surface area contributed by atoms with Crippen LogP contribution in [0.3, 0.4) is 0 Å². The first kappa shape index (κ1) is 16.1. The van der Waals surface area contributed by atoms with E-state index in [1.807, 2.05) is 0 Å². The van der Waals surface area contributed by atoms with E-state index in [0.29, 0.717) is 11.3 Å². The Morgan fingerprint density at radius 2 is 1.72 bits per heavy atom. The number of carbonyl (C=O) groups is 3. The van der Waals surface area contributed by atoms with Crippen LogP contribution in [0.4, 0.5) is 16.2 Å². The number of urea groups is 1. The molecule has 8 nitrogen and oxygen atoms in total. The van der Waals surface area contributed by atoms with Crippen molar-refractivity contribution in [3.8, 4) is 0 Å². The molecule has 1 aliphatic rings. The first-order valence-electron chi connectivity index (χ1n) is 7.18. The number of carbonyl (C=O) groups excluding carboxylic acids is 3. The SMILES string of the molecule is O=C1NC(=O)N(c2ccccc2)C(=O)/C1=C\c1cccc([N+](=O)[O-])c1. The van der Waals surface area contributed by atoms with Crippen molar-refractivity contribution in [2.75, 3.05) is 4.90 Å². The summed E-state index contributed by atoms with van der Waals surface area (Å²) in [6, 6.07) is 12.8. The highest BCUT2D eigenvalue weighted by molar-refractivity contribution is 6.39. The summed E-state index contributed by atoms with van der Waals surface area (Å²) < 4.78 is 0. The molecule has 0 bridgehead atoms. The van der Waals surface area contributed by atoms with Crippen LogP contribution >= 0.6 is 0 Å². The minimum atomic E-state index is -0.853. The fraction of sp³-hybridized carbons (Fsp3) is 0. The smallest absolute Gasteiger partial charge is 0.273 e. The van der Waals surface area contributed by atoms with Crippen LogP contribution in [0.1, 0.15) is 5.56 Å². The molecule has 0 saturated carbocycles. The van der Waals surface area contributed by atoms with Crippen LogP contribution in [-0.4, -0.2) is 22.8 Å². The van der Waals surface area contributed by atoms with Crippen LogP contribution in [0, 0.1) is 10.1 Å². The van der Waals surface area contributed by atoms with Crippen LogP contribution in [0.2, 0.25) is 0 Å². The van der Waals surface area contributed by atoms with E-state index in [1.54, 1.807) is 30.3 Å². The zero-order valence-electron chi connectivity index (χ0n) is 12.7. The monoisotopic (exact) mass is 337 g/mol. The van der Waals surface area contributed by atoms with Crippen LogP contribution in [0.5, 0.6) is 0 Å². The predicted octanol–water partition coefficient (Wildman–Crippen LogP) is 2.26. The summed E-state index contributed by atoms with van der Waals surface area (Å²) in [4.78, 5) is 47.8. The Balaban J connectivity index is 2.02. The van der Waals surface area contributed by atoms with Gasteiger partial charge in [-0.15, -0.1) is 0 Å². The van der Waals surface area contributed by atoms with E-state index in [1.165, 1.54) is 30.3 Å². The minimum Gasteiger partial charge on any atom is -0.273 e. The third-order valence-corrected chi connectivity index (χ3v) is 3.51. The Bertz CT molecular complexity index is 921. The lowest BCUT2D eigenvalue weighted by atomic mass is 10.1. The third kappa shape index (κ3) is 3.13. The molecule has 8 heteroatoms. The Hall–Kier alpha value is -3.81. The van der Waals surface area contributed by atoms with E-state index in [-0.39, 0.29) is 11.3 Å². The highest BCUT2D eigenvalue weighted by Crippen LogP contribution is 2.22. The molecule has 1 heterocycles. The molecule has 0 aliphatic carbocycles. The first-order valence-corrected chi connectivity index (χ1v) is 7.18. The number of rotatable bonds is 3. The molecule has 2 aromatic carbocycles. The fourth-order valence-corrected chi connectivity index (χ4v) is 2.36. The molecule has 3 rings (SSSR count). The summed E-state index contributed by atoms with van der Waals surface area (Å²) in [6.45, 7) is 0. The van der Waals surface area contributed by atoms with Gasteiger partial charge in [-0.3, -0.25) is 25.0 Å². The van der Waals surface area contributed by atoms with Gasteiger partial charge in [0.1, 0.15) is 5.57 Å². The van der Waals surface area contributed by atoms with Gasteiger partial charge >= 0.3 is 6.03 Å². The predicted molar refractivity (Wildman–Crippen MR) is 88.5 cm³/mol. The van der Waals surface area contributed by atoms with Gasteiger partial charge in [-0.1, -0.05) is 30.3 Å². The lowest BCUT2D eigenvalue weighted by molar-refractivity contribution is -0.384. The molecule has 0 aromatic heterocycles. The number of nitrogens with one attached hydrogen (secondary N) is 1.